The summed E-state index contributed by atoms with van der Waals surface area (Å²) in [6.07, 6.45) is 2.37. The average molecular weight is 280 g/mol. The molecule has 0 amide bonds. The van der Waals surface area contributed by atoms with E-state index in [0.29, 0.717) is 12.0 Å². The van der Waals surface area contributed by atoms with E-state index in [0.717, 1.165) is 19.6 Å². The minimum absolute atomic E-state index is 0.167. The predicted molar refractivity (Wildman–Crippen MR) is 84.3 cm³/mol. The van der Waals surface area contributed by atoms with Crippen LogP contribution in [0.1, 0.15) is 39.2 Å². The van der Waals surface area contributed by atoms with E-state index in [1.165, 1.54) is 30.5 Å². The van der Waals surface area contributed by atoms with Crippen molar-refractivity contribution in [3.8, 4) is 0 Å². The van der Waals surface area contributed by atoms with Crippen molar-refractivity contribution in [3.05, 3.63) is 35.6 Å². The summed E-state index contributed by atoms with van der Waals surface area (Å²) in [7, 11) is 2.15. The third-order valence-corrected chi connectivity index (χ3v) is 3.52. The van der Waals surface area contributed by atoms with Gasteiger partial charge in [-0.05, 0) is 43.6 Å². The third kappa shape index (κ3) is 6.49. The van der Waals surface area contributed by atoms with Crippen molar-refractivity contribution in [2.75, 3.05) is 20.1 Å². The topological polar surface area (TPSA) is 15.3 Å². The molecule has 0 spiro atoms. The fraction of sp³-hybridized carbons (Fsp3) is 0.647. The fourth-order valence-corrected chi connectivity index (χ4v) is 2.36. The van der Waals surface area contributed by atoms with Crippen LogP contribution in [0, 0.1) is 11.7 Å². The lowest BCUT2D eigenvalue weighted by molar-refractivity contribution is 0.213. The molecule has 0 radical (unpaired) electrons. The van der Waals surface area contributed by atoms with Crippen molar-refractivity contribution >= 4 is 0 Å². The van der Waals surface area contributed by atoms with Gasteiger partial charge in [-0.25, -0.2) is 4.39 Å². The Hall–Kier alpha value is -0.930. The number of rotatable bonds is 9. The highest BCUT2D eigenvalue weighted by molar-refractivity contribution is 5.15. The molecule has 0 saturated heterocycles. The Morgan fingerprint density at radius 3 is 2.35 bits per heavy atom. The van der Waals surface area contributed by atoms with Gasteiger partial charge < -0.3 is 5.32 Å². The lowest BCUT2D eigenvalue weighted by Gasteiger charge is -2.28. The highest BCUT2D eigenvalue weighted by Crippen LogP contribution is 2.11. The van der Waals surface area contributed by atoms with Crippen LogP contribution >= 0.6 is 0 Å². The highest BCUT2D eigenvalue weighted by Gasteiger charge is 2.14. The highest BCUT2D eigenvalue weighted by atomic mass is 19.1. The molecule has 0 fully saturated rings. The number of benzene rings is 1. The first-order valence-corrected chi connectivity index (χ1v) is 7.68. The second-order valence-corrected chi connectivity index (χ2v) is 6.04. The Labute approximate surface area is 123 Å². The van der Waals surface area contributed by atoms with Gasteiger partial charge in [-0.3, -0.25) is 4.90 Å². The standard InChI is InChI=1S/C17H29FN2/c1-5-6-17(12-19-11-14(2)3)20(4)13-15-7-9-16(18)10-8-15/h7-10,14,17,19H,5-6,11-13H2,1-4H3. The largest absolute Gasteiger partial charge is 0.315 e. The van der Waals surface area contributed by atoms with Crippen LogP contribution in [0.5, 0.6) is 0 Å². The van der Waals surface area contributed by atoms with Gasteiger partial charge in [0.2, 0.25) is 0 Å². The zero-order valence-corrected chi connectivity index (χ0v) is 13.3. The van der Waals surface area contributed by atoms with Crippen molar-refractivity contribution in [1.29, 1.82) is 0 Å². The van der Waals surface area contributed by atoms with E-state index in [1.807, 2.05) is 12.1 Å². The molecule has 0 aromatic heterocycles. The SMILES string of the molecule is CCCC(CNCC(C)C)N(C)Cc1ccc(F)cc1. The zero-order chi connectivity index (χ0) is 15.0. The summed E-state index contributed by atoms with van der Waals surface area (Å²) in [6.45, 7) is 9.62. The molecule has 114 valence electrons. The van der Waals surface area contributed by atoms with Crippen molar-refractivity contribution in [3.63, 3.8) is 0 Å². The molecule has 0 aliphatic heterocycles. The number of hydrogen-bond donors (Lipinski definition) is 1. The number of likely N-dealkylation sites (N-methyl/N-ethyl adjacent to an activating group) is 1. The summed E-state index contributed by atoms with van der Waals surface area (Å²) >= 11 is 0. The maximum atomic E-state index is 12.9. The van der Waals surface area contributed by atoms with Crippen LogP contribution in [0.25, 0.3) is 0 Å². The summed E-state index contributed by atoms with van der Waals surface area (Å²) in [6, 6.07) is 7.35. The van der Waals surface area contributed by atoms with Gasteiger partial charge in [0.25, 0.3) is 0 Å². The smallest absolute Gasteiger partial charge is 0.123 e. The molecule has 1 aromatic rings. The Morgan fingerprint density at radius 1 is 1.15 bits per heavy atom. The van der Waals surface area contributed by atoms with E-state index >= 15 is 0 Å². The second-order valence-electron chi connectivity index (χ2n) is 6.04. The fourth-order valence-electron chi connectivity index (χ4n) is 2.36. The van der Waals surface area contributed by atoms with Gasteiger partial charge in [0.05, 0.1) is 0 Å². The van der Waals surface area contributed by atoms with E-state index in [-0.39, 0.29) is 5.82 Å². The molecule has 1 unspecified atom stereocenters. The Morgan fingerprint density at radius 2 is 1.80 bits per heavy atom. The first kappa shape index (κ1) is 17.1. The normalized spacial score (nSPS) is 13.2. The summed E-state index contributed by atoms with van der Waals surface area (Å²) in [5.41, 5.74) is 1.17. The molecule has 2 nitrogen and oxygen atoms in total. The van der Waals surface area contributed by atoms with Crippen LogP contribution in [0.15, 0.2) is 24.3 Å². The molecule has 0 saturated carbocycles. The quantitative estimate of drug-likeness (QED) is 0.742. The molecule has 0 bridgehead atoms. The van der Waals surface area contributed by atoms with E-state index in [9.17, 15) is 4.39 Å². The van der Waals surface area contributed by atoms with E-state index in [1.54, 1.807) is 0 Å². The van der Waals surface area contributed by atoms with E-state index in [2.05, 4.69) is 38.0 Å². The van der Waals surface area contributed by atoms with Gasteiger partial charge in [-0.15, -0.1) is 0 Å². The summed E-state index contributed by atoms with van der Waals surface area (Å²) in [4.78, 5) is 2.37. The summed E-state index contributed by atoms with van der Waals surface area (Å²) in [5, 5.41) is 3.54. The number of halogens is 1. The van der Waals surface area contributed by atoms with Gasteiger partial charge in [-0.1, -0.05) is 39.3 Å². The monoisotopic (exact) mass is 280 g/mol. The summed E-state index contributed by atoms with van der Waals surface area (Å²) in [5.74, 6) is 0.514. The molecule has 1 N–H and O–H groups in total. The Kier molecular flexibility index (Phi) is 7.78. The zero-order valence-electron chi connectivity index (χ0n) is 13.3. The van der Waals surface area contributed by atoms with Crippen LogP contribution in [-0.4, -0.2) is 31.1 Å². The minimum atomic E-state index is -0.167. The molecular weight excluding hydrogens is 251 g/mol. The molecule has 0 heterocycles. The molecule has 0 aliphatic rings. The predicted octanol–water partition coefficient (Wildman–Crippen LogP) is 3.67. The third-order valence-electron chi connectivity index (χ3n) is 3.52. The van der Waals surface area contributed by atoms with Crippen molar-refractivity contribution in [2.24, 2.45) is 5.92 Å². The summed E-state index contributed by atoms with van der Waals surface area (Å²) < 4.78 is 12.9. The first-order valence-electron chi connectivity index (χ1n) is 7.68. The van der Waals surface area contributed by atoms with Crippen molar-refractivity contribution in [2.45, 2.75) is 46.2 Å². The van der Waals surface area contributed by atoms with Gasteiger partial charge in [0, 0.05) is 19.1 Å². The number of nitrogens with zero attached hydrogens (tertiary/aromatic N) is 1. The van der Waals surface area contributed by atoms with E-state index in [4.69, 9.17) is 0 Å². The maximum Gasteiger partial charge on any atom is 0.123 e. The lowest BCUT2D eigenvalue weighted by Crippen LogP contribution is -2.40. The molecule has 1 rings (SSSR count). The lowest BCUT2D eigenvalue weighted by atomic mass is 10.1. The molecular formula is C17H29FN2. The van der Waals surface area contributed by atoms with Crippen LogP contribution < -0.4 is 5.32 Å². The Balaban J connectivity index is 2.49. The molecule has 1 atom stereocenters. The molecule has 1 aromatic carbocycles. The second kappa shape index (κ2) is 9.09. The first-order chi connectivity index (χ1) is 9.52. The minimum Gasteiger partial charge on any atom is -0.315 e. The van der Waals surface area contributed by atoms with Crippen LogP contribution in [0.3, 0.4) is 0 Å². The number of nitrogens with one attached hydrogen (secondary N) is 1. The van der Waals surface area contributed by atoms with Crippen LogP contribution in [-0.2, 0) is 6.54 Å². The van der Waals surface area contributed by atoms with Crippen LogP contribution in [0.2, 0.25) is 0 Å². The van der Waals surface area contributed by atoms with Gasteiger partial charge >= 0.3 is 0 Å². The van der Waals surface area contributed by atoms with Gasteiger partial charge in [-0.2, -0.15) is 0 Å². The Bertz CT molecular complexity index is 362. The van der Waals surface area contributed by atoms with Gasteiger partial charge in [0.15, 0.2) is 0 Å². The average Bonchev–Trinajstić information content (AvgIpc) is 2.40. The van der Waals surface area contributed by atoms with Gasteiger partial charge in [0.1, 0.15) is 5.82 Å². The van der Waals surface area contributed by atoms with Crippen LogP contribution in [0.4, 0.5) is 4.39 Å². The molecule has 3 heteroatoms. The van der Waals surface area contributed by atoms with Crippen molar-refractivity contribution in [1.82, 2.24) is 10.2 Å². The van der Waals surface area contributed by atoms with E-state index < -0.39 is 0 Å². The molecule has 20 heavy (non-hydrogen) atoms. The van der Waals surface area contributed by atoms with Crippen molar-refractivity contribution < 1.29 is 4.39 Å². The molecule has 0 aliphatic carbocycles. The number of hydrogen-bond acceptors (Lipinski definition) is 2. The maximum absolute atomic E-state index is 12.9.